The third-order valence-corrected chi connectivity index (χ3v) is 3.65. The normalized spacial score (nSPS) is 27.6. The summed E-state index contributed by atoms with van der Waals surface area (Å²) < 4.78 is 5.39. The molecule has 0 bridgehead atoms. The molecule has 5 heteroatoms. The standard InChI is InChI=1S/C14H24N2O3/c1-14(2,3)19-13(18)11-5-7-16(9-11)12(17)10-4-6-15-8-10/h10-11,15H,4-9H2,1-3H3. The van der Waals surface area contributed by atoms with Gasteiger partial charge in [-0.05, 0) is 40.2 Å². The first-order chi connectivity index (χ1) is 8.87. The largest absolute Gasteiger partial charge is 0.460 e. The molecule has 0 aromatic carbocycles. The number of nitrogens with one attached hydrogen (secondary N) is 1. The zero-order valence-electron chi connectivity index (χ0n) is 12.1. The van der Waals surface area contributed by atoms with Crippen LogP contribution in [-0.2, 0) is 14.3 Å². The van der Waals surface area contributed by atoms with Gasteiger partial charge >= 0.3 is 5.97 Å². The van der Waals surface area contributed by atoms with Crippen LogP contribution in [0.1, 0.15) is 33.6 Å². The maximum atomic E-state index is 12.2. The Morgan fingerprint density at radius 2 is 1.95 bits per heavy atom. The zero-order valence-corrected chi connectivity index (χ0v) is 12.1. The molecule has 2 rings (SSSR count). The van der Waals surface area contributed by atoms with E-state index in [0.717, 1.165) is 25.9 Å². The van der Waals surface area contributed by atoms with Crippen molar-refractivity contribution in [3.05, 3.63) is 0 Å². The van der Waals surface area contributed by atoms with Gasteiger partial charge in [-0.3, -0.25) is 9.59 Å². The van der Waals surface area contributed by atoms with Gasteiger partial charge in [0.25, 0.3) is 0 Å². The molecule has 0 aromatic heterocycles. The van der Waals surface area contributed by atoms with E-state index in [1.165, 1.54) is 0 Å². The molecular formula is C14H24N2O3. The fourth-order valence-electron chi connectivity index (χ4n) is 2.66. The Morgan fingerprint density at radius 1 is 1.21 bits per heavy atom. The van der Waals surface area contributed by atoms with Crippen LogP contribution in [0.4, 0.5) is 0 Å². The van der Waals surface area contributed by atoms with Crippen molar-refractivity contribution < 1.29 is 14.3 Å². The van der Waals surface area contributed by atoms with Crippen LogP contribution < -0.4 is 5.32 Å². The predicted molar refractivity (Wildman–Crippen MR) is 71.5 cm³/mol. The summed E-state index contributed by atoms with van der Waals surface area (Å²) >= 11 is 0. The summed E-state index contributed by atoms with van der Waals surface area (Å²) in [6.45, 7) is 8.49. The lowest BCUT2D eigenvalue weighted by Crippen LogP contribution is -2.37. The third kappa shape index (κ3) is 3.69. The highest BCUT2D eigenvalue weighted by atomic mass is 16.6. The maximum absolute atomic E-state index is 12.2. The molecule has 2 unspecified atom stereocenters. The van der Waals surface area contributed by atoms with Crippen LogP contribution in [0.5, 0.6) is 0 Å². The Bertz CT molecular complexity index is 356. The van der Waals surface area contributed by atoms with E-state index < -0.39 is 5.60 Å². The SMILES string of the molecule is CC(C)(C)OC(=O)C1CCN(C(=O)C2CCNC2)C1. The summed E-state index contributed by atoms with van der Waals surface area (Å²) in [7, 11) is 0. The molecule has 2 atom stereocenters. The molecule has 2 heterocycles. The first-order valence-corrected chi connectivity index (χ1v) is 7.09. The number of carbonyl (C=O) groups excluding carboxylic acids is 2. The minimum atomic E-state index is -0.454. The minimum absolute atomic E-state index is 0.0948. The van der Waals surface area contributed by atoms with E-state index in [1.54, 1.807) is 0 Å². The monoisotopic (exact) mass is 268 g/mol. The van der Waals surface area contributed by atoms with Crippen LogP contribution in [0.3, 0.4) is 0 Å². The summed E-state index contributed by atoms with van der Waals surface area (Å²) in [5.41, 5.74) is -0.454. The van der Waals surface area contributed by atoms with Gasteiger partial charge in [0.15, 0.2) is 0 Å². The lowest BCUT2D eigenvalue weighted by atomic mass is 10.1. The molecule has 2 aliphatic rings. The highest BCUT2D eigenvalue weighted by Crippen LogP contribution is 2.23. The first-order valence-electron chi connectivity index (χ1n) is 7.09. The van der Waals surface area contributed by atoms with Crippen LogP contribution in [0.25, 0.3) is 0 Å². The van der Waals surface area contributed by atoms with Crippen LogP contribution in [-0.4, -0.2) is 48.6 Å². The van der Waals surface area contributed by atoms with Crippen molar-refractivity contribution in [1.29, 1.82) is 0 Å². The van der Waals surface area contributed by atoms with Crippen LogP contribution in [0.2, 0.25) is 0 Å². The van der Waals surface area contributed by atoms with Crippen molar-refractivity contribution >= 4 is 11.9 Å². The summed E-state index contributed by atoms with van der Waals surface area (Å²) in [6, 6.07) is 0. The van der Waals surface area contributed by atoms with Gasteiger partial charge in [-0.1, -0.05) is 0 Å². The van der Waals surface area contributed by atoms with Gasteiger partial charge in [0.2, 0.25) is 5.91 Å². The number of esters is 1. The second kappa shape index (κ2) is 5.49. The number of likely N-dealkylation sites (tertiary alicyclic amines) is 1. The van der Waals surface area contributed by atoms with Gasteiger partial charge in [-0.25, -0.2) is 0 Å². The van der Waals surface area contributed by atoms with Gasteiger partial charge in [0.05, 0.1) is 11.8 Å². The average Bonchev–Trinajstić information content (AvgIpc) is 2.98. The van der Waals surface area contributed by atoms with Crippen molar-refractivity contribution in [3.8, 4) is 0 Å². The fraction of sp³-hybridized carbons (Fsp3) is 0.857. The molecule has 1 amide bonds. The number of ether oxygens (including phenoxy) is 1. The topological polar surface area (TPSA) is 58.6 Å². The molecule has 0 aliphatic carbocycles. The number of hydrogen-bond donors (Lipinski definition) is 1. The zero-order chi connectivity index (χ0) is 14.0. The summed E-state index contributed by atoms with van der Waals surface area (Å²) in [5.74, 6) is -0.0432. The summed E-state index contributed by atoms with van der Waals surface area (Å²) in [4.78, 5) is 26.0. The highest BCUT2D eigenvalue weighted by molar-refractivity contribution is 5.81. The molecule has 0 saturated carbocycles. The number of carbonyl (C=O) groups is 2. The minimum Gasteiger partial charge on any atom is -0.460 e. The lowest BCUT2D eigenvalue weighted by Gasteiger charge is -2.23. The summed E-state index contributed by atoms with van der Waals surface area (Å²) in [6.07, 6.45) is 1.63. The maximum Gasteiger partial charge on any atom is 0.311 e. The van der Waals surface area contributed by atoms with E-state index in [1.807, 2.05) is 25.7 Å². The van der Waals surface area contributed by atoms with Crippen molar-refractivity contribution in [2.75, 3.05) is 26.2 Å². The van der Waals surface area contributed by atoms with E-state index in [9.17, 15) is 9.59 Å². The molecular weight excluding hydrogens is 244 g/mol. The van der Waals surface area contributed by atoms with E-state index in [4.69, 9.17) is 4.74 Å². The molecule has 108 valence electrons. The van der Waals surface area contributed by atoms with E-state index >= 15 is 0 Å². The molecule has 0 radical (unpaired) electrons. The number of nitrogens with zero attached hydrogens (tertiary/aromatic N) is 1. The lowest BCUT2D eigenvalue weighted by molar-refractivity contribution is -0.159. The molecule has 19 heavy (non-hydrogen) atoms. The average molecular weight is 268 g/mol. The number of hydrogen-bond acceptors (Lipinski definition) is 4. The van der Waals surface area contributed by atoms with Crippen LogP contribution in [0, 0.1) is 11.8 Å². The molecule has 5 nitrogen and oxygen atoms in total. The van der Waals surface area contributed by atoms with Gasteiger partial charge in [0.1, 0.15) is 5.60 Å². The predicted octanol–water partition coefficient (Wildman–Crippen LogP) is 0.786. The van der Waals surface area contributed by atoms with Crippen molar-refractivity contribution in [2.24, 2.45) is 11.8 Å². The van der Waals surface area contributed by atoms with E-state index in [0.29, 0.717) is 13.1 Å². The second-order valence-corrected chi connectivity index (χ2v) is 6.49. The first kappa shape index (κ1) is 14.3. The molecule has 0 spiro atoms. The van der Waals surface area contributed by atoms with Gasteiger partial charge in [0, 0.05) is 19.6 Å². The summed E-state index contributed by atoms with van der Waals surface area (Å²) in [5, 5.41) is 3.20. The molecule has 2 fully saturated rings. The fourth-order valence-corrected chi connectivity index (χ4v) is 2.66. The number of rotatable bonds is 2. The molecule has 1 N–H and O–H groups in total. The Labute approximate surface area is 114 Å². The van der Waals surface area contributed by atoms with E-state index in [-0.39, 0.29) is 23.7 Å². The van der Waals surface area contributed by atoms with Crippen LogP contribution in [0.15, 0.2) is 0 Å². The number of amides is 1. The molecule has 2 saturated heterocycles. The Balaban J connectivity index is 1.85. The molecule has 2 aliphatic heterocycles. The van der Waals surface area contributed by atoms with E-state index in [2.05, 4.69) is 5.32 Å². The Kier molecular flexibility index (Phi) is 4.13. The van der Waals surface area contributed by atoms with Crippen molar-refractivity contribution in [2.45, 2.75) is 39.2 Å². The van der Waals surface area contributed by atoms with Gasteiger partial charge in [-0.2, -0.15) is 0 Å². The smallest absolute Gasteiger partial charge is 0.311 e. The van der Waals surface area contributed by atoms with Gasteiger partial charge < -0.3 is 15.0 Å². The van der Waals surface area contributed by atoms with Crippen molar-refractivity contribution in [3.63, 3.8) is 0 Å². The second-order valence-electron chi connectivity index (χ2n) is 6.49. The highest BCUT2D eigenvalue weighted by Gasteiger charge is 2.36. The molecule has 0 aromatic rings. The quantitative estimate of drug-likeness (QED) is 0.752. The Hall–Kier alpha value is -1.10. The van der Waals surface area contributed by atoms with Crippen LogP contribution >= 0.6 is 0 Å². The van der Waals surface area contributed by atoms with Gasteiger partial charge in [-0.15, -0.1) is 0 Å². The third-order valence-electron chi connectivity index (χ3n) is 3.65. The van der Waals surface area contributed by atoms with Crippen molar-refractivity contribution in [1.82, 2.24) is 10.2 Å². The Morgan fingerprint density at radius 3 is 2.53 bits per heavy atom.